The van der Waals surface area contributed by atoms with Gasteiger partial charge in [-0.3, -0.25) is 4.99 Å². The maximum atomic E-state index is 5.97. The highest BCUT2D eigenvalue weighted by Crippen LogP contribution is 2.07. The Bertz CT molecular complexity index is 205. The van der Waals surface area contributed by atoms with E-state index >= 15 is 0 Å². The average molecular weight is 226 g/mol. The van der Waals surface area contributed by atoms with Crippen LogP contribution in [0.15, 0.2) is 4.99 Å². The number of piperidine rings is 1. The van der Waals surface area contributed by atoms with Crippen molar-refractivity contribution < 1.29 is 0 Å². The quantitative estimate of drug-likeness (QED) is 0.564. The first-order valence-electron chi connectivity index (χ1n) is 6.55. The second-order valence-corrected chi connectivity index (χ2v) is 4.31. The van der Waals surface area contributed by atoms with Gasteiger partial charge in [0, 0.05) is 19.6 Å². The Morgan fingerprint density at radius 2 is 1.81 bits per heavy atom. The molecule has 4 nitrogen and oxygen atoms in total. The van der Waals surface area contributed by atoms with Crippen LogP contribution in [-0.2, 0) is 0 Å². The van der Waals surface area contributed by atoms with Gasteiger partial charge in [0.2, 0.25) is 0 Å². The monoisotopic (exact) mass is 226 g/mol. The number of aliphatic imine (C=N–C) groups is 1. The van der Waals surface area contributed by atoms with E-state index in [1.807, 2.05) is 0 Å². The van der Waals surface area contributed by atoms with Gasteiger partial charge in [0.15, 0.2) is 5.96 Å². The van der Waals surface area contributed by atoms with Gasteiger partial charge in [-0.15, -0.1) is 0 Å². The lowest BCUT2D eigenvalue weighted by molar-refractivity contribution is 0.309. The molecule has 0 amide bonds. The van der Waals surface area contributed by atoms with Crippen LogP contribution in [0.4, 0.5) is 0 Å². The largest absolute Gasteiger partial charge is 0.370 e. The highest BCUT2D eigenvalue weighted by Gasteiger charge is 2.11. The fourth-order valence-electron chi connectivity index (χ4n) is 2.07. The molecule has 0 atom stereocenters. The third kappa shape index (κ3) is 4.39. The van der Waals surface area contributed by atoms with Crippen molar-refractivity contribution in [3.05, 3.63) is 0 Å². The molecule has 1 aliphatic heterocycles. The van der Waals surface area contributed by atoms with E-state index < -0.39 is 0 Å². The van der Waals surface area contributed by atoms with Gasteiger partial charge in [0.25, 0.3) is 0 Å². The van der Waals surface area contributed by atoms with Gasteiger partial charge in [-0.2, -0.15) is 0 Å². The fraction of sp³-hybridized carbons (Fsp3) is 0.917. The van der Waals surface area contributed by atoms with E-state index in [0.717, 1.165) is 45.2 Å². The predicted octanol–water partition coefficient (Wildman–Crippen LogP) is 1.13. The second-order valence-electron chi connectivity index (χ2n) is 4.31. The molecule has 0 aromatic rings. The van der Waals surface area contributed by atoms with Crippen LogP contribution in [0, 0.1) is 0 Å². The summed E-state index contributed by atoms with van der Waals surface area (Å²) >= 11 is 0. The first kappa shape index (κ1) is 13.3. The van der Waals surface area contributed by atoms with E-state index in [1.54, 1.807) is 0 Å². The molecule has 0 bridgehead atoms. The molecule has 1 heterocycles. The van der Waals surface area contributed by atoms with Crippen LogP contribution in [0.1, 0.15) is 33.1 Å². The summed E-state index contributed by atoms with van der Waals surface area (Å²) in [5, 5.41) is 0. The number of likely N-dealkylation sites (tertiary alicyclic amines) is 1. The van der Waals surface area contributed by atoms with Crippen LogP contribution in [0.3, 0.4) is 0 Å². The molecule has 1 rings (SSSR count). The Hall–Kier alpha value is -0.770. The van der Waals surface area contributed by atoms with Crippen molar-refractivity contribution in [3.8, 4) is 0 Å². The topological polar surface area (TPSA) is 44.9 Å². The van der Waals surface area contributed by atoms with Gasteiger partial charge in [-0.1, -0.05) is 13.8 Å². The summed E-state index contributed by atoms with van der Waals surface area (Å²) < 4.78 is 0. The maximum absolute atomic E-state index is 5.97. The van der Waals surface area contributed by atoms with Crippen LogP contribution >= 0.6 is 0 Å². The van der Waals surface area contributed by atoms with Gasteiger partial charge in [0.1, 0.15) is 0 Å². The van der Waals surface area contributed by atoms with Crippen molar-refractivity contribution >= 4 is 5.96 Å². The molecule has 0 spiro atoms. The molecule has 0 aliphatic carbocycles. The maximum Gasteiger partial charge on any atom is 0.191 e. The van der Waals surface area contributed by atoms with Gasteiger partial charge in [0.05, 0.1) is 6.54 Å². The molecule has 1 fully saturated rings. The molecule has 0 aromatic heterocycles. The zero-order valence-electron chi connectivity index (χ0n) is 10.8. The summed E-state index contributed by atoms with van der Waals surface area (Å²) in [6.45, 7) is 10.6. The van der Waals surface area contributed by atoms with Crippen LogP contribution < -0.4 is 5.73 Å². The second kappa shape index (κ2) is 7.49. The van der Waals surface area contributed by atoms with Crippen LogP contribution in [0.2, 0.25) is 0 Å². The standard InChI is InChI=1S/C12H26N4/c1-3-15(4-2)11-8-14-12(13)16-9-6-5-7-10-16/h3-11H2,1-2H3,(H2,13,14). The van der Waals surface area contributed by atoms with Crippen molar-refractivity contribution in [2.24, 2.45) is 10.7 Å². The van der Waals surface area contributed by atoms with Crippen LogP contribution in [0.5, 0.6) is 0 Å². The van der Waals surface area contributed by atoms with Gasteiger partial charge >= 0.3 is 0 Å². The number of hydrogen-bond donors (Lipinski definition) is 1. The van der Waals surface area contributed by atoms with E-state index in [9.17, 15) is 0 Å². The third-order valence-corrected chi connectivity index (χ3v) is 3.26. The Morgan fingerprint density at radius 3 is 2.38 bits per heavy atom. The van der Waals surface area contributed by atoms with E-state index in [-0.39, 0.29) is 0 Å². The number of rotatable bonds is 5. The number of guanidine groups is 1. The number of hydrogen-bond acceptors (Lipinski definition) is 2. The van der Waals surface area contributed by atoms with Crippen LogP contribution in [-0.4, -0.2) is 55.0 Å². The average Bonchev–Trinajstić information content (AvgIpc) is 2.35. The molecule has 94 valence electrons. The summed E-state index contributed by atoms with van der Waals surface area (Å²) in [5.41, 5.74) is 5.97. The van der Waals surface area contributed by atoms with Crippen molar-refractivity contribution in [2.45, 2.75) is 33.1 Å². The van der Waals surface area contributed by atoms with Crippen molar-refractivity contribution in [2.75, 3.05) is 39.3 Å². The molecular formula is C12H26N4. The Kier molecular flexibility index (Phi) is 6.23. The van der Waals surface area contributed by atoms with Gasteiger partial charge < -0.3 is 15.5 Å². The zero-order chi connectivity index (χ0) is 11.8. The highest BCUT2D eigenvalue weighted by molar-refractivity contribution is 5.78. The predicted molar refractivity (Wildman–Crippen MR) is 69.7 cm³/mol. The Balaban J connectivity index is 2.26. The SMILES string of the molecule is CCN(CC)CCN=C(N)N1CCCCC1. The summed E-state index contributed by atoms with van der Waals surface area (Å²) in [5.74, 6) is 0.742. The number of nitrogens with two attached hydrogens (primary N) is 1. The highest BCUT2D eigenvalue weighted by atomic mass is 15.3. The number of nitrogens with zero attached hydrogens (tertiary/aromatic N) is 3. The fourth-order valence-corrected chi connectivity index (χ4v) is 2.07. The molecule has 0 radical (unpaired) electrons. The minimum atomic E-state index is 0.742. The van der Waals surface area contributed by atoms with E-state index in [2.05, 4.69) is 28.6 Å². The third-order valence-electron chi connectivity index (χ3n) is 3.26. The van der Waals surface area contributed by atoms with Gasteiger partial charge in [-0.05, 0) is 32.4 Å². The Morgan fingerprint density at radius 1 is 1.19 bits per heavy atom. The van der Waals surface area contributed by atoms with Crippen molar-refractivity contribution in [3.63, 3.8) is 0 Å². The first-order chi connectivity index (χ1) is 7.77. The molecule has 2 N–H and O–H groups in total. The van der Waals surface area contributed by atoms with E-state index in [0.29, 0.717) is 0 Å². The summed E-state index contributed by atoms with van der Waals surface area (Å²) in [7, 11) is 0. The minimum absolute atomic E-state index is 0.742. The minimum Gasteiger partial charge on any atom is -0.370 e. The lowest BCUT2D eigenvalue weighted by atomic mass is 10.1. The molecule has 16 heavy (non-hydrogen) atoms. The molecule has 1 aliphatic rings. The molecular weight excluding hydrogens is 200 g/mol. The van der Waals surface area contributed by atoms with E-state index in [1.165, 1.54) is 19.3 Å². The lowest BCUT2D eigenvalue weighted by Crippen LogP contribution is -2.41. The van der Waals surface area contributed by atoms with E-state index in [4.69, 9.17) is 5.73 Å². The lowest BCUT2D eigenvalue weighted by Gasteiger charge is -2.27. The van der Waals surface area contributed by atoms with Crippen molar-refractivity contribution in [1.82, 2.24) is 9.80 Å². The number of likely N-dealkylation sites (N-methyl/N-ethyl adjacent to an activating group) is 1. The van der Waals surface area contributed by atoms with Crippen LogP contribution in [0.25, 0.3) is 0 Å². The normalized spacial score (nSPS) is 18.2. The molecule has 4 heteroatoms. The summed E-state index contributed by atoms with van der Waals surface area (Å²) in [4.78, 5) is 9.04. The molecule has 0 saturated carbocycles. The van der Waals surface area contributed by atoms with Gasteiger partial charge in [-0.25, -0.2) is 0 Å². The zero-order valence-corrected chi connectivity index (χ0v) is 10.8. The summed E-state index contributed by atoms with van der Waals surface area (Å²) in [6.07, 6.45) is 3.85. The molecule has 0 aromatic carbocycles. The Labute approximate surface area is 99.5 Å². The summed E-state index contributed by atoms with van der Waals surface area (Å²) in [6, 6.07) is 0. The smallest absolute Gasteiger partial charge is 0.191 e. The first-order valence-corrected chi connectivity index (χ1v) is 6.55. The van der Waals surface area contributed by atoms with Crippen molar-refractivity contribution in [1.29, 1.82) is 0 Å². The molecule has 1 saturated heterocycles. The molecule has 0 unspecified atom stereocenters.